The second-order valence-electron chi connectivity index (χ2n) is 6.40. The van der Waals surface area contributed by atoms with E-state index in [1.807, 2.05) is 52.8 Å². The van der Waals surface area contributed by atoms with E-state index in [1.54, 1.807) is 6.07 Å². The van der Waals surface area contributed by atoms with Gasteiger partial charge in [0.25, 0.3) is 0 Å². The SMILES string of the molecule is Cc1c(C)c(C)c(S(=O)(=O)NCc2noc3ccccc23)c(C)c1C. The first-order valence-electron chi connectivity index (χ1n) is 8.14. The maximum Gasteiger partial charge on any atom is 0.241 e. The van der Waals surface area contributed by atoms with Crippen LogP contribution in [0.5, 0.6) is 0 Å². The van der Waals surface area contributed by atoms with Crippen LogP contribution < -0.4 is 4.72 Å². The summed E-state index contributed by atoms with van der Waals surface area (Å²) in [5.41, 5.74) is 5.96. The summed E-state index contributed by atoms with van der Waals surface area (Å²) in [7, 11) is -3.66. The van der Waals surface area contributed by atoms with Gasteiger partial charge in [-0.2, -0.15) is 0 Å². The zero-order chi connectivity index (χ0) is 18.4. The standard InChI is InChI=1S/C19H22N2O3S/c1-11-12(2)14(4)19(15(5)13(11)3)25(22,23)20-10-17-16-8-6-7-9-18(16)24-21-17/h6-9,20H,10H2,1-5H3. The molecule has 2 aromatic carbocycles. The lowest BCUT2D eigenvalue weighted by Crippen LogP contribution is -2.26. The van der Waals surface area contributed by atoms with E-state index in [1.165, 1.54) is 0 Å². The van der Waals surface area contributed by atoms with Crippen LogP contribution in [0.3, 0.4) is 0 Å². The number of hydrogen-bond acceptors (Lipinski definition) is 4. The lowest BCUT2D eigenvalue weighted by molar-refractivity contribution is 0.444. The predicted molar refractivity (Wildman–Crippen MR) is 98.2 cm³/mol. The lowest BCUT2D eigenvalue weighted by Gasteiger charge is -2.18. The van der Waals surface area contributed by atoms with Crippen LogP contribution in [-0.4, -0.2) is 13.6 Å². The minimum Gasteiger partial charge on any atom is -0.356 e. The molecule has 0 aliphatic rings. The van der Waals surface area contributed by atoms with E-state index in [2.05, 4.69) is 9.88 Å². The zero-order valence-corrected chi connectivity index (χ0v) is 15.9. The van der Waals surface area contributed by atoms with Gasteiger partial charge in [0.1, 0.15) is 5.69 Å². The summed E-state index contributed by atoms with van der Waals surface area (Å²) in [6.07, 6.45) is 0. The summed E-state index contributed by atoms with van der Waals surface area (Å²) >= 11 is 0. The van der Waals surface area contributed by atoms with Crippen molar-refractivity contribution in [3.8, 4) is 0 Å². The summed E-state index contributed by atoms with van der Waals surface area (Å²) in [5, 5.41) is 4.80. The molecule has 1 aromatic heterocycles. The molecule has 1 N–H and O–H groups in total. The maximum atomic E-state index is 13.0. The van der Waals surface area contributed by atoms with Crippen LogP contribution in [0.2, 0.25) is 0 Å². The van der Waals surface area contributed by atoms with Gasteiger partial charge in [-0.05, 0) is 74.6 Å². The summed E-state index contributed by atoms with van der Waals surface area (Å²) in [5.74, 6) is 0. The molecule has 0 aliphatic carbocycles. The average Bonchev–Trinajstić information content (AvgIpc) is 3.00. The van der Waals surface area contributed by atoms with Crippen molar-refractivity contribution in [2.24, 2.45) is 0 Å². The fourth-order valence-corrected chi connectivity index (χ4v) is 4.75. The number of sulfonamides is 1. The van der Waals surface area contributed by atoms with Gasteiger partial charge in [0.05, 0.1) is 11.4 Å². The van der Waals surface area contributed by atoms with Crippen molar-refractivity contribution in [3.05, 3.63) is 57.8 Å². The Balaban J connectivity index is 1.98. The van der Waals surface area contributed by atoms with Crippen molar-refractivity contribution in [1.29, 1.82) is 0 Å². The van der Waals surface area contributed by atoms with Gasteiger partial charge in [-0.15, -0.1) is 0 Å². The average molecular weight is 358 g/mol. The number of para-hydroxylation sites is 1. The monoisotopic (exact) mass is 358 g/mol. The molecule has 3 aromatic rings. The fraction of sp³-hybridized carbons (Fsp3) is 0.316. The Morgan fingerprint density at radius 1 is 0.920 bits per heavy atom. The minimum atomic E-state index is -3.66. The van der Waals surface area contributed by atoms with E-state index >= 15 is 0 Å². The molecule has 3 rings (SSSR count). The fourth-order valence-electron chi connectivity index (χ4n) is 3.17. The van der Waals surface area contributed by atoms with Crippen LogP contribution in [0, 0.1) is 34.6 Å². The van der Waals surface area contributed by atoms with E-state index < -0.39 is 10.0 Å². The largest absolute Gasteiger partial charge is 0.356 e. The van der Waals surface area contributed by atoms with Crippen molar-refractivity contribution in [2.75, 3.05) is 0 Å². The number of aromatic nitrogens is 1. The molecule has 0 unspecified atom stereocenters. The van der Waals surface area contributed by atoms with E-state index in [0.29, 0.717) is 16.2 Å². The Bertz CT molecular complexity index is 1040. The van der Waals surface area contributed by atoms with E-state index in [-0.39, 0.29) is 6.54 Å². The topological polar surface area (TPSA) is 72.2 Å². The van der Waals surface area contributed by atoms with Gasteiger partial charge in [-0.1, -0.05) is 17.3 Å². The molecular formula is C19H22N2O3S. The third kappa shape index (κ3) is 2.96. The third-order valence-electron chi connectivity index (χ3n) is 5.08. The lowest BCUT2D eigenvalue weighted by atomic mass is 9.95. The molecule has 0 amide bonds. The molecule has 25 heavy (non-hydrogen) atoms. The number of rotatable bonds is 4. The Morgan fingerprint density at radius 2 is 1.48 bits per heavy atom. The molecule has 132 valence electrons. The summed E-state index contributed by atoms with van der Waals surface area (Å²) < 4.78 is 33.8. The Kier molecular flexibility index (Phi) is 4.43. The quantitative estimate of drug-likeness (QED) is 0.769. The summed E-state index contributed by atoms with van der Waals surface area (Å²) in [6.45, 7) is 9.74. The highest BCUT2D eigenvalue weighted by Crippen LogP contribution is 2.29. The molecule has 0 bridgehead atoms. The van der Waals surface area contributed by atoms with Crippen LogP contribution >= 0.6 is 0 Å². The van der Waals surface area contributed by atoms with Crippen LogP contribution in [0.25, 0.3) is 11.0 Å². The number of benzene rings is 2. The van der Waals surface area contributed by atoms with Crippen molar-refractivity contribution in [2.45, 2.75) is 46.1 Å². The molecule has 0 spiro atoms. The van der Waals surface area contributed by atoms with Gasteiger partial charge < -0.3 is 4.52 Å². The smallest absolute Gasteiger partial charge is 0.241 e. The molecule has 0 saturated carbocycles. The third-order valence-corrected chi connectivity index (χ3v) is 6.76. The molecule has 0 radical (unpaired) electrons. The highest BCUT2D eigenvalue weighted by Gasteiger charge is 2.24. The van der Waals surface area contributed by atoms with Gasteiger partial charge in [-0.3, -0.25) is 0 Å². The summed E-state index contributed by atoms with van der Waals surface area (Å²) in [6, 6.07) is 7.40. The second-order valence-corrected chi connectivity index (χ2v) is 8.11. The van der Waals surface area contributed by atoms with E-state index in [4.69, 9.17) is 4.52 Å². The zero-order valence-electron chi connectivity index (χ0n) is 15.1. The Labute approximate surface area is 148 Å². The Morgan fingerprint density at radius 3 is 2.12 bits per heavy atom. The van der Waals surface area contributed by atoms with Crippen molar-refractivity contribution in [1.82, 2.24) is 9.88 Å². The normalized spacial score (nSPS) is 12.0. The highest BCUT2D eigenvalue weighted by atomic mass is 32.2. The van der Waals surface area contributed by atoms with Crippen molar-refractivity contribution >= 4 is 21.0 Å². The van der Waals surface area contributed by atoms with E-state index in [0.717, 1.165) is 33.2 Å². The van der Waals surface area contributed by atoms with Gasteiger partial charge in [0.2, 0.25) is 10.0 Å². The van der Waals surface area contributed by atoms with Crippen molar-refractivity contribution < 1.29 is 12.9 Å². The molecule has 5 nitrogen and oxygen atoms in total. The van der Waals surface area contributed by atoms with Crippen molar-refractivity contribution in [3.63, 3.8) is 0 Å². The Hall–Kier alpha value is -2.18. The molecule has 0 atom stereocenters. The number of fused-ring (bicyclic) bond motifs is 1. The van der Waals surface area contributed by atoms with Gasteiger partial charge in [-0.25, -0.2) is 13.1 Å². The first kappa shape index (κ1) is 17.6. The highest BCUT2D eigenvalue weighted by molar-refractivity contribution is 7.89. The molecule has 0 aliphatic heterocycles. The van der Waals surface area contributed by atoms with Gasteiger partial charge >= 0.3 is 0 Å². The number of nitrogens with zero attached hydrogens (tertiary/aromatic N) is 1. The first-order chi connectivity index (χ1) is 11.7. The van der Waals surface area contributed by atoms with Crippen LogP contribution in [-0.2, 0) is 16.6 Å². The molecule has 1 heterocycles. The summed E-state index contributed by atoms with van der Waals surface area (Å²) in [4.78, 5) is 0.362. The van der Waals surface area contributed by atoms with E-state index in [9.17, 15) is 8.42 Å². The number of hydrogen-bond donors (Lipinski definition) is 1. The van der Waals surface area contributed by atoms with Crippen LogP contribution in [0.1, 0.15) is 33.5 Å². The van der Waals surface area contributed by atoms with Gasteiger partial charge in [0, 0.05) is 5.39 Å². The second kappa shape index (κ2) is 6.28. The first-order valence-corrected chi connectivity index (χ1v) is 9.62. The minimum absolute atomic E-state index is 0.0875. The molecule has 0 fully saturated rings. The molecular weight excluding hydrogens is 336 g/mol. The maximum absolute atomic E-state index is 13.0. The molecule has 6 heteroatoms. The van der Waals surface area contributed by atoms with Crippen LogP contribution in [0.15, 0.2) is 33.7 Å². The van der Waals surface area contributed by atoms with Gasteiger partial charge in [0.15, 0.2) is 5.58 Å². The van der Waals surface area contributed by atoms with Crippen LogP contribution in [0.4, 0.5) is 0 Å². The predicted octanol–water partition coefficient (Wildman–Crippen LogP) is 3.85. The number of nitrogens with one attached hydrogen (secondary N) is 1. The molecule has 0 saturated heterocycles.